The van der Waals surface area contributed by atoms with Crippen LogP contribution in [0.1, 0.15) is 25.7 Å². The van der Waals surface area contributed by atoms with Crippen molar-refractivity contribution in [1.29, 1.82) is 0 Å². The lowest BCUT2D eigenvalue weighted by Gasteiger charge is -2.30. The molecule has 0 bridgehead atoms. The summed E-state index contributed by atoms with van der Waals surface area (Å²) in [6.45, 7) is 6.53. The largest absolute Gasteiger partial charge is 0.379 e. The Morgan fingerprint density at radius 3 is 2.93 bits per heavy atom. The van der Waals surface area contributed by atoms with Gasteiger partial charge in [-0.3, -0.25) is 0 Å². The zero-order valence-corrected chi connectivity index (χ0v) is 9.28. The Morgan fingerprint density at radius 1 is 1.33 bits per heavy atom. The van der Waals surface area contributed by atoms with Crippen LogP contribution in [0.5, 0.6) is 0 Å². The molecule has 3 heteroatoms. The first-order valence-corrected chi connectivity index (χ1v) is 5.42. The Labute approximate surface area is 89.1 Å². The second kappa shape index (κ2) is 2.75. The second-order valence-electron chi connectivity index (χ2n) is 4.38. The molecule has 0 aliphatic carbocycles. The molecule has 2 atom stereocenters. The molecule has 0 amide bonds. The van der Waals surface area contributed by atoms with Gasteiger partial charge in [-0.25, -0.2) is 4.98 Å². The van der Waals surface area contributed by atoms with Crippen LogP contribution in [0.25, 0.3) is 11.0 Å². The predicted molar refractivity (Wildman–Crippen MR) is 62.3 cm³/mol. The van der Waals surface area contributed by atoms with E-state index < -0.39 is 0 Å². The molecule has 15 heavy (non-hydrogen) atoms. The predicted octanol–water partition coefficient (Wildman–Crippen LogP) is 2.72. The summed E-state index contributed by atoms with van der Waals surface area (Å²) in [5, 5.41) is 3.53. The van der Waals surface area contributed by atoms with E-state index in [9.17, 15) is 0 Å². The van der Waals surface area contributed by atoms with E-state index in [-0.39, 0.29) is 0 Å². The van der Waals surface area contributed by atoms with Gasteiger partial charge in [0.05, 0.1) is 22.8 Å². The molecule has 3 nitrogen and oxygen atoms in total. The van der Waals surface area contributed by atoms with Crippen LogP contribution in [-0.2, 0) is 0 Å². The van der Waals surface area contributed by atoms with E-state index in [1.165, 1.54) is 11.2 Å². The van der Waals surface area contributed by atoms with Gasteiger partial charge in [-0.2, -0.15) is 0 Å². The van der Waals surface area contributed by atoms with Crippen LogP contribution in [0, 0.1) is 6.92 Å². The molecule has 1 aliphatic rings. The minimum absolute atomic E-state index is 0.455. The monoisotopic (exact) mass is 201 g/mol. The Morgan fingerprint density at radius 2 is 2.13 bits per heavy atom. The van der Waals surface area contributed by atoms with Crippen LogP contribution in [0.3, 0.4) is 0 Å². The highest BCUT2D eigenvalue weighted by Gasteiger charge is 2.25. The summed E-state index contributed by atoms with van der Waals surface area (Å²) in [5.41, 5.74) is 3.55. The first-order valence-electron chi connectivity index (χ1n) is 5.42. The molecule has 1 aliphatic heterocycles. The molecular weight excluding hydrogens is 186 g/mol. The van der Waals surface area contributed by atoms with E-state index in [4.69, 9.17) is 0 Å². The highest BCUT2D eigenvalue weighted by Crippen LogP contribution is 2.34. The fourth-order valence-electron chi connectivity index (χ4n) is 2.47. The van der Waals surface area contributed by atoms with E-state index in [0.717, 1.165) is 11.3 Å². The third-order valence-corrected chi connectivity index (χ3v) is 3.40. The number of rotatable bonds is 0. The van der Waals surface area contributed by atoms with Gasteiger partial charge in [0.15, 0.2) is 0 Å². The van der Waals surface area contributed by atoms with Crippen molar-refractivity contribution in [1.82, 2.24) is 9.55 Å². The van der Waals surface area contributed by atoms with E-state index in [2.05, 4.69) is 53.8 Å². The van der Waals surface area contributed by atoms with Crippen LogP contribution in [-0.4, -0.2) is 15.6 Å². The number of hydrogen-bond acceptors (Lipinski definition) is 2. The maximum atomic E-state index is 4.59. The van der Waals surface area contributed by atoms with Gasteiger partial charge in [-0.05, 0) is 32.9 Å². The summed E-state index contributed by atoms with van der Waals surface area (Å²) in [4.78, 5) is 4.59. The van der Waals surface area contributed by atoms with Crippen molar-refractivity contribution in [2.45, 2.75) is 32.9 Å². The smallest absolute Gasteiger partial charge is 0.107 e. The number of aryl methyl sites for hydroxylation is 1. The van der Waals surface area contributed by atoms with E-state index in [0.29, 0.717) is 12.1 Å². The number of para-hydroxylation sites is 1. The van der Waals surface area contributed by atoms with Gasteiger partial charge in [-0.1, -0.05) is 6.07 Å². The average Bonchev–Trinajstić information content (AvgIpc) is 2.53. The lowest BCUT2D eigenvalue weighted by molar-refractivity contribution is 0.479. The van der Waals surface area contributed by atoms with Gasteiger partial charge >= 0.3 is 0 Å². The van der Waals surface area contributed by atoms with Crippen molar-refractivity contribution in [3.05, 3.63) is 24.0 Å². The topological polar surface area (TPSA) is 29.9 Å². The third-order valence-electron chi connectivity index (χ3n) is 3.40. The van der Waals surface area contributed by atoms with E-state index in [1.54, 1.807) is 0 Å². The molecule has 0 fully saturated rings. The maximum absolute atomic E-state index is 4.59. The fourth-order valence-corrected chi connectivity index (χ4v) is 2.47. The molecule has 78 valence electrons. The van der Waals surface area contributed by atoms with Crippen molar-refractivity contribution in [2.75, 3.05) is 5.32 Å². The highest BCUT2D eigenvalue weighted by atomic mass is 15.2. The number of nitrogens with one attached hydrogen (secondary N) is 1. The first-order chi connectivity index (χ1) is 7.18. The molecule has 1 aromatic carbocycles. The van der Waals surface area contributed by atoms with Crippen molar-refractivity contribution < 1.29 is 0 Å². The fraction of sp³-hybridized carbons (Fsp3) is 0.417. The van der Waals surface area contributed by atoms with Crippen LogP contribution >= 0.6 is 0 Å². The molecule has 2 unspecified atom stereocenters. The van der Waals surface area contributed by atoms with Crippen molar-refractivity contribution in [2.24, 2.45) is 0 Å². The number of imidazole rings is 1. The highest BCUT2D eigenvalue weighted by molar-refractivity contribution is 5.90. The summed E-state index contributed by atoms with van der Waals surface area (Å²) in [6.07, 6.45) is 0. The number of anilines is 1. The zero-order valence-electron chi connectivity index (χ0n) is 9.28. The Kier molecular flexibility index (Phi) is 1.61. The second-order valence-corrected chi connectivity index (χ2v) is 4.38. The van der Waals surface area contributed by atoms with Gasteiger partial charge in [-0.15, -0.1) is 0 Å². The SMILES string of the molecule is Cc1nc2cccc3c2n1C(C)C(C)N3. The normalized spacial score (nSPS) is 24.2. The summed E-state index contributed by atoms with van der Waals surface area (Å²) in [5.74, 6) is 1.11. The van der Waals surface area contributed by atoms with Gasteiger partial charge in [0.1, 0.15) is 5.82 Å². The Bertz CT molecular complexity index is 527. The Hall–Kier alpha value is -1.51. The Balaban J connectivity index is 2.43. The van der Waals surface area contributed by atoms with Gasteiger partial charge in [0, 0.05) is 6.04 Å². The molecule has 2 aromatic rings. The van der Waals surface area contributed by atoms with Crippen LogP contribution < -0.4 is 5.32 Å². The number of hydrogen-bond donors (Lipinski definition) is 1. The first kappa shape index (κ1) is 8.77. The summed E-state index contributed by atoms with van der Waals surface area (Å²) >= 11 is 0. The van der Waals surface area contributed by atoms with E-state index >= 15 is 0 Å². The minimum atomic E-state index is 0.455. The van der Waals surface area contributed by atoms with Gasteiger partial charge in [0.25, 0.3) is 0 Å². The van der Waals surface area contributed by atoms with Crippen molar-refractivity contribution in [3.8, 4) is 0 Å². The lowest BCUT2D eigenvalue weighted by Crippen LogP contribution is -2.31. The standard InChI is InChI=1S/C12H15N3/c1-7-8(2)15-9(3)14-11-6-4-5-10(13-7)12(11)15/h4-8,13H,1-3H3. The van der Waals surface area contributed by atoms with Crippen LogP contribution in [0.15, 0.2) is 18.2 Å². The van der Waals surface area contributed by atoms with Crippen LogP contribution in [0.2, 0.25) is 0 Å². The zero-order chi connectivity index (χ0) is 10.6. The molecule has 1 aromatic heterocycles. The average molecular weight is 201 g/mol. The molecule has 1 N–H and O–H groups in total. The summed E-state index contributed by atoms with van der Waals surface area (Å²) in [6, 6.07) is 7.18. The number of nitrogens with zero attached hydrogens (tertiary/aromatic N) is 2. The molecule has 0 spiro atoms. The number of benzene rings is 1. The summed E-state index contributed by atoms with van der Waals surface area (Å²) < 4.78 is 2.34. The van der Waals surface area contributed by atoms with Gasteiger partial charge < -0.3 is 9.88 Å². The number of aromatic nitrogens is 2. The third kappa shape index (κ3) is 1.03. The molecular formula is C12H15N3. The molecule has 0 saturated carbocycles. The molecule has 0 radical (unpaired) electrons. The van der Waals surface area contributed by atoms with Crippen molar-refractivity contribution in [3.63, 3.8) is 0 Å². The molecule has 2 heterocycles. The summed E-state index contributed by atoms with van der Waals surface area (Å²) in [7, 11) is 0. The quantitative estimate of drug-likeness (QED) is 0.710. The lowest BCUT2D eigenvalue weighted by atomic mass is 10.1. The molecule has 3 rings (SSSR count). The van der Waals surface area contributed by atoms with E-state index in [1.807, 2.05) is 0 Å². The van der Waals surface area contributed by atoms with Crippen molar-refractivity contribution >= 4 is 16.7 Å². The maximum Gasteiger partial charge on any atom is 0.107 e. The van der Waals surface area contributed by atoms with Gasteiger partial charge in [0.2, 0.25) is 0 Å². The molecule has 0 saturated heterocycles. The minimum Gasteiger partial charge on any atom is -0.379 e. The van der Waals surface area contributed by atoms with Crippen LogP contribution in [0.4, 0.5) is 5.69 Å².